The molecular weight excluding hydrogens is 261 g/mol. The van der Waals surface area contributed by atoms with Crippen LogP contribution in [0.4, 0.5) is 4.39 Å². The van der Waals surface area contributed by atoms with Gasteiger partial charge in [0.2, 0.25) is 0 Å². The molecule has 0 N–H and O–H groups in total. The number of benzene rings is 1. The molecule has 0 spiro atoms. The van der Waals surface area contributed by atoms with Crippen LogP contribution in [0.15, 0.2) is 41.3 Å². The molecule has 0 unspecified atom stereocenters. The zero-order chi connectivity index (χ0) is 14.7. The SMILES string of the molecule is COc1cc(C(=O)Cn2cccc(C)c2=O)ccc1F. The average molecular weight is 275 g/mol. The fourth-order valence-corrected chi connectivity index (χ4v) is 1.86. The molecule has 5 heteroatoms. The highest BCUT2D eigenvalue weighted by atomic mass is 19.1. The van der Waals surface area contributed by atoms with Gasteiger partial charge in [-0.25, -0.2) is 4.39 Å². The lowest BCUT2D eigenvalue weighted by Crippen LogP contribution is -2.25. The summed E-state index contributed by atoms with van der Waals surface area (Å²) in [7, 11) is 1.33. The van der Waals surface area contributed by atoms with Crippen LogP contribution in [-0.4, -0.2) is 17.5 Å². The van der Waals surface area contributed by atoms with Crippen molar-refractivity contribution in [2.24, 2.45) is 0 Å². The van der Waals surface area contributed by atoms with E-state index in [0.29, 0.717) is 11.1 Å². The van der Waals surface area contributed by atoms with Gasteiger partial charge >= 0.3 is 0 Å². The Morgan fingerprint density at radius 1 is 1.35 bits per heavy atom. The van der Waals surface area contributed by atoms with Crippen LogP contribution in [0.25, 0.3) is 0 Å². The number of halogens is 1. The summed E-state index contributed by atoms with van der Waals surface area (Å²) in [6.07, 6.45) is 1.55. The Labute approximate surface area is 115 Å². The second-order valence-electron chi connectivity index (χ2n) is 4.40. The molecule has 0 fully saturated rings. The van der Waals surface area contributed by atoms with Crippen molar-refractivity contribution in [2.75, 3.05) is 7.11 Å². The molecule has 0 saturated heterocycles. The first-order chi connectivity index (χ1) is 9.52. The van der Waals surface area contributed by atoms with Crippen molar-refractivity contribution in [2.45, 2.75) is 13.5 Å². The fraction of sp³-hybridized carbons (Fsp3) is 0.200. The molecule has 2 rings (SSSR count). The van der Waals surface area contributed by atoms with Crippen molar-refractivity contribution in [3.8, 4) is 5.75 Å². The molecular formula is C15H14FNO3. The predicted molar refractivity (Wildman–Crippen MR) is 72.7 cm³/mol. The van der Waals surface area contributed by atoms with Gasteiger partial charge in [-0.2, -0.15) is 0 Å². The maximum absolute atomic E-state index is 13.3. The Morgan fingerprint density at radius 3 is 2.80 bits per heavy atom. The van der Waals surface area contributed by atoms with Crippen molar-refractivity contribution >= 4 is 5.78 Å². The zero-order valence-electron chi connectivity index (χ0n) is 11.2. The minimum Gasteiger partial charge on any atom is -0.494 e. The normalized spacial score (nSPS) is 10.3. The summed E-state index contributed by atoms with van der Waals surface area (Å²) >= 11 is 0. The third kappa shape index (κ3) is 2.77. The van der Waals surface area contributed by atoms with Crippen LogP contribution in [0.3, 0.4) is 0 Å². The van der Waals surface area contributed by atoms with Gasteiger partial charge < -0.3 is 9.30 Å². The monoisotopic (exact) mass is 275 g/mol. The van der Waals surface area contributed by atoms with Crippen molar-refractivity contribution in [1.82, 2.24) is 4.57 Å². The number of methoxy groups -OCH3 is 1. The van der Waals surface area contributed by atoms with E-state index in [2.05, 4.69) is 0 Å². The van der Waals surface area contributed by atoms with E-state index in [0.717, 1.165) is 0 Å². The summed E-state index contributed by atoms with van der Waals surface area (Å²) in [6.45, 7) is 1.60. The highest BCUT2D eigenvalue weighted by molar-refractivity contribution is 5.96. The van der Waals surface area contributed by atoms with Crippen LogP contribution in [-0.2, 0) is 6.54 Å². The van der Waals surface area contributed by atoms with E-state index in [4.69, 9.17) is 4.74 Å². The minimum absolute atomic E-state index is 0.00689. The zero-order valence-corrected chi connectivity index (χ0v) is 11.2. The predicted octanol–water partition coefficient (Wildman–Crippen LogP) is 2.19. The maximum atomic E-state index is 13.3. The number of rotatable bonds is 4. The number of Topliss-reactive ketones (excluding diaryl/α,β-unsaturated/α-hetero) is 1. The second kappa shape index (κ2) is 5.69. The number of carbonyl (C=O) groups is 1. The molecule has 0 atom stereocenters. The summed E-state index contributed by atoms with van der Waals surface area (Å²) in [4.78, 5) is 24.0. The maximum Gasteiger partial charge on any atom is 0.253 e. The van der Waals surface area contributed by atoms with E-state index < -0.39 is 5.82 Å². The Kier molecular flexibility index (Phi) is 3.98. The molecule has 0 bridgehead atoms. The number of aryl methyl sites for hydroxylation is 1. The van der Waals surface area contributed by atoms with Crippen LogP contribution in [0.5, 0.6) is 5.75 Å². The summed E-state index contributed by atoms with van der Waals surface area (Å²) in [5.74, 6) is -0.805. The van der Waals surface area contributed by atoms with Gasteiger partial charge in [-0.15, -0.1) is 0 Å². The van der Waals surface area contributed by atoms with E-state index >= 15 is 0 Å². The molecule has 1 heterocycles. The second-order valence-corrected chi connectivity index (χ2v) is 4.40. The minimum atomic E-state index is -0.531. The highest BCUT2D eigenvalue weighted by Crippen LogP contribution is 2.18. The number of carbonyl (C=O) groups excluding carboxylic acids is 1. The first kappa shape index (κ1) is 14.0. The molecule has 1 aromatic carbocycles. The quantitative estimate of drug-likeness (QED) is 0.804. The van der Waals surface area contributed by atoms with Gasteiger partial charge in [0.25, 0.3) is 5.56 Å². The summed E-state index contributed by atoms with van der Waals surface area (Å²) in [5.41, 5.74) is 0.656. The molecule has 0 amide bonds. The lowest BCUT2D eigenvalue weighted by Gasteiger charge is -2.07. The van der Waals surface area contributed by atoms with Gasteiger partial charge in [0.15, 0.2) is 17.3 Å². The Morgan fingerprint density at radius 2 is 2.10 bits per heavy atom. The topological polar surface area (TPSA) is 48.3 Å². The van der Waals surface area contributed by atoms with E-state index in [1.807, 2.05) is 0 Å². The molecule has 20 heavy (non-hydrogen) atoms. The molecule has 104 valence electrons. The number of hydrogen-bond donors (Lipinski definition) is 0. The highest BCUT2D eigenvalue weighted by Gasteiger charge is 2.11. The lowest BCUT2D eigenvalue weighted by molar-refractivity contribution is 0.0970. The number of aromatic nitrogens is 1. The summed E-state index contributed by atoms with van der Waals surface area (Å²) in [5, 5.41) is 0. The van der Waals surface area contributed by atoms with Crippen molar-refractivity contribution in [3.63, 3.8) is 0 Å². The largest absolute Gasteiger partial charge is 0.494 e. The molecule has 4 nitrogen and oxygen atoms in total. The average Bonchev–Trinajstić information content (AvgIpc) is 2.44. The molecule has 2 aromatic rings. The first-order valence-corrected chi connectivity index (χ1v) is 6.05. The van der Waals surface area contributed by atoms with Crippen LogP contribution < -0.4 is 10.3 Å². The third-order valence-corrected chi connectivity index (χ3v) is 3.00. The van der Waals surface area contributed by atoms with Crippen LogP contribution in [0.1, 0.15) is 15.9 Å². The first-order valence-electron chi connectivity index (χ1n) is 6.05. The van der Waals surface area contributed by atoms with E-state index in [9.17, 15) is 14.0 Å². The van der Waals surface area contributed by atoms with Crippen LogP contribution >= 0.6 is 0 Å². The van der Waals surface area contributed by atoms with Gasteiger partial charge in [-0.05, 0) is 31.2 Å². The molecule has 0 aliphatic heterocycles. The van der Waals surface area contributed by atoms with Gasteiger partial charge in [0, 0.05) is 17.3 Å². The molecule has 0 radical (unpaired) electrons. The molecule has 1 aromatic heterocycles. The van der Waals surface area contributed by atoms with Gasteiger partial charge in [-0.3, -0.25) is 9.59 Å². The van der Waals surface area contributed by atoms with Gasteiger partial charge in [0.05, 0.1) is 13.7 Å². The molecule has 0 saturated carbocycles. The lowest BCUT2D eigenvalue weighted by atomic mass is 10.1. The Bertz CT molecular complexity index is 707. The number of nitrogens with zero attached hydrogens (tertiary/aromatic N) is 1. The molecule has 0 aliphatic carbocycles. The standard InChI is InChI=1S/C15H14FNO3/c1-10-4-3-7-17(15(10)19)9-13(18)11-5-6-12(16)14(8-11)20-2/h3-8H,9H2,1-2H3. The number of pyridine rings is 1. The number of ether oxygens (including phenoxy) is 1. The fourth-order valence-electron chi connectivity index (χ4n) is 1.86. The van der Waals surface area contributed by atoms with Crippen molar-refractivity contribution in [3.05, 3.63) is 63.8 Å². The smallest absolute Gasteiger partial charge is 0.253 e. The number of ketones is 1. The summed E-state index contributed by atoms with van der Waals surface area (Å²) in [6, 6.07) is 7.27. The van der Waals surface area contributed by atoms with Crippen molar-refractivity contribution < 1.29 is 13.9 Å². The van der Waals surface area contributed by atoms with E-state index in [-0.39, 0.29) is 23.6 Å². The number of hydrogen-bond acceptors (Lipinski definition) is 3. The molecule has 0 aliphatic rings. The van der Waals surface area contributed by atoms with Crippen LogP contribution in [0.2, 0.25) is 0 Å². The Balaban J connectivity index is 2.28. The van der Waals surface area contributed by atoms with E-state index in [1.54, 1.807) is 25.3 Å². The van der Waals surface area contributed by atoms with Crippen molar-refractivity contribution in [1.29, 1.82) is 0 Å². The van der Waals surface area contributed by atoms with Gasteiger partial charge in [0.1, 0.15) is 0 Å². The summed E-state index contributed by atoms with van der Waals surface area (Å²) < 4.78 is 19.4. The van der Waals surface area contributed by atoms with Crippen LogP contribution in [0, 0.1) is 12.7 Å². The van der Waals surface area contributed by atoms with E-state index in [1.165, 1.54) is 29.9 Å². The van der Waals surface area contributed by atoms with Gasteiger partial charge in [-0.1, -0.05) is 6.07 Å². The Hall–Kier alpha value is -2.43. The third-order valence-electron chi connectivity index (χ3n) is 3.00.